The van der Waals surface area contributed by atoms with Gasteiger partial charge in [-0.3, -0.25) is 4.79 Å². The van der Waals surface area contributed by atoms with Crippen molar-refractivity contribution in [2.75, 3.05) is 11.5 Å². The summed E-state index contributed by atoms with van der Waals surface area (Å²) in [5.74, 6) is 1.08. The van der Waals surface area contributed by atoms with E-state index in [1.807, 2.05) is 0 Å². The average molecular weight is 254 g/mol. The van der Waals surface area contributed by atoms with E-state index >= 15 is 0 Å². The van der Waals surface area contributed by atoms with Crippen LogP contribution in [0, 0.1) is 0 Å². The van der Waals surface area contributed by atoms with Gasteiger partial charge in [0, 0.05) is 5.56 Å². The summed E-state index contributed by atoms with van der Waals surface area (Å²) in [6.45, 7) is 0. The van der Waals surface area contributed by atoms with Crippen LogP contribution in [-0.2, 0) is 9.84 Å². The van der Waals surface area contributed by atoms with Gasteiger partial charge in [-0.1, -0.05) is 0 Å². The van der Waals surface area contributed by atoms with Gasteiger partial charge in [0.2, 0.25) is 0 Å². The molecule has 0 aromatic heterocycles. The van der Waals surface area contributed by atoms with Gasteiger partial charge in [0.25, 0.3) is 0 Å². The fraction of sp³-hybridized carbons (Fsp3) is 0.417. The molecule has 1 saturated heterocycles. The predicted molar refractivity (Wildman–Crippen MR) is 64.1 cm³/mol. The number of aldehydes is 1. The van der Waals surface area contributed by atoms with E-state index in [0.717, 1.165) is 6.29 Å². The molecule has 0 spiro atoms. The Morgan fingerprint density at radius 1 is 1.12 bits per heavy atom. The number of carbonyl (C=O) groups is 1. The third-order valence-corrected chi connectivity index (χ3v) is 4.54. The first-order chi connectivity index (χ1) is 8.09. The molecule has 1 aliphatic rings. The van der Waals surface area contributed by atoms with Crippen LogP contribution in [0.3, 0.4) is 0 Å². The summed E-state index contributed by atoms with van der Waals surface area (Å²) in [6, 6.07) is 6.82. The molecule has 0 amide bonds. The maximum atomic E-state index is 11.2. The molecule has 0 bridgehead atoms. The number of carbonyl (C=O) groups excluding carboxylic acids is 1. The second kappa shape index (κ2) is 4.87. The summed E-state index contributed by atoms with van der Waals surface area (Å²) in [5, 5.41) is 0. The Morgan fingerprint density at radius 2 is 1.71 bits per heavy atom. The van der Waals surface area contributed by atoms with Crippen molar-refractivity contribution in [3.05, 3.63) is 29.8 Å². The SMILES string of the molecule is O=Cc1ccc(OC2CCS(=O)(=O)CC2)cc1. The van der Waals surface area contributed by atoms with Crippen molar-refractivity contribution in [2.45, 2.75) is 18.9 Å². The molecule has 92 valence electrons. The van der Waals surface area contributed by atoms with Crippen LogP contribution in [-0.4, -0.2) is 32.3 Å². The van der Waals surface area contributed by atoms with Crippen molar-refractivity contribution in [3.8, 4) is 5.75 Å². The Kier molecular flexibility index (Phi) is 3.47. The fourth-order valence-electron chi connectivity index (χ4n) is 1.80. The van der Waals surface area contributed by atoms with E-state index in [9.17, 15) is 13.2 Å². The van der Waals surface area contributed by atoms with Crippen LogP contribution in [0.4, 0.5) is 0 Å². The van der Waals surface area contributed by atoms with Crippen LogP contribution < -0.4 is 4.74 Å². The summed E-state index contributed by atoms with van der Waals surface area (Å²) in [4.78, 5) is 10.5. The van der Waals surface area contributed by atoms with E-state index in [1.54, 1.807) is 24.3 Å². The van der Waals surface area contributed by atoms with Gasteiger partial charge in [0.15, 0.2) is 9.84 Å². The van der Waals surface area contributed by atoms with Gasteiger partial charge in [0.05, 0.1) is 11.5 Å². The molecule has 1 aromatic carbocycles. The molecule has 1 heterocycles. The topological polar surface area (TPSA) is 60.4 Å². The minimum absolute atomic E-state index is 0.0411. The summed E-state index contributed by atoms with van der Waals surface area (Å²) in [5.41, 5.74) is 0.601. The molecule has 5 heteroatoms. The molecule has 0 saturated carbocycles. The van der Waals surface area contributed by atoms with Gasteiger partial charge in [-0.15, -0.1) is 0 Å². The standard InChI is InChI=1S/C12H14O4S/c13-9-10-1-3-11(4-2-10)16-12-5-7-17(14,15)8-6-12/h1-4,9,12H,5-8H2. The van der Waals surface area contributed by atoms with Gasteiger partial charge < -0.3 is 4.74 Å². The molecule has 1 aromatic rings. The maximum absolute atomic E-state index is 11.2. The second-order valence-electron chi connectivity index (χ2n) is 4.16. The third kappa shape index (κ3) is 3.30. The number of sulfone groups is 1. The summed E-state index contributed by atoms with van der Waals surface area (Å²) < 4.78 is 28.1. The minimum atomic E-state index is -2.84. The molecule has 2 rings (SSSR count). The highest BCUT2D eigenvalue weighted by molar-refractivity contribution is 7.91. The largest absolute Gasteiger partial charge is 0.490 e. The predicted octanol–water partition coefficient (Wildman–Crippen LogP) is 1.46. The number of rotatable bonds is 3. The molecule has 1 fully saturated rings. The van der Waals surface area contributed by atoms with Crippen LogP contribution in [0.15, 0.2) is 24.3 Å². The zero-order valence-electron chi connectivity index (χ0n) is 9.33. The lowest BCUT2D eigenvalue weighted by molar-refractivity contribution is 0.112. The minimum Gasteiger partial charge on any atom is -0.490 e. The van der Waals surface area contributed by atoms with Crippen LogP contribution in [0.25, 0.3) is 0 Å². The molecule has 0 atom stereocenters. The van der Waals surface area contributed by atoms with Crippen molar-refractivity contribution >= 4 is 16.1 Å². The smallest absolute Gasteiger partial charge is 0.150 e. The highest BCUT2D eigenvalue weighted by Crippen LogP contribution is 2.20. The summed E-state index contributed by atoms with van der Waals surface area (Å²) in [7, 11) is -2.84. The maximum Gasteiger partial charge on any atom is 0.150 e. The first-order valence-corrected chi connectivity index (χ1v) is 7.33. The van der Waals surface area contributed by atoms with Crippen molar-refractivity contribution < 1.29 is 17.9 Å². The van der Waals surface area contributed by atoms with E-state index in [2.05, 4.69) is 0 Å². The molecule has 0 aliphatic carbocycles. The fourth-order valence-corrected chi connectivity index (χ4v) is 3.25. The Balaban J connectivity index is 1.95. The highest BCUT2D eigenvalue weighted by atomic mass is 32.2. The normalized spacial score (nSPS) is 19.8. The number of hydrogen-bond acceptors (Lipinski definition) is 4. The molecule has 4 nitrogen and oxygen atoms in total. The third-order valence-electron chi connectivity index (χ3n) is 2.82. The van der Waals surface area contributed by atoms with Crippen LogP contribution in [0.1, 0.15) is 23.2 Å². The number of ether oxygens (including phenoxy) is 1. The molecular weight excluding hydrogens is 240 g/mol. The van der Waals surface area contributed by atoms with E-state index < -0.39 is 9.84 Å². The number of benzene rings is 1. The number of hydrogen-bond donors (Lipinski definition) is 0. The van der Waals surface area contributed by atoms with Crippen molar-refractivity contribution in [1.29, 1.82) is 0 Å². The van der Waals surface area contributed by atoms with Crippen molar-refractivity contribution in [1.82, 2.24) is 0 Å². The van der Waals surface area contributed by atoms with Gasteiger partial charge in [0.1, 0.15) is 18.1 Å². The average Bonchev–Trinajstić information content (AvgIpc) is 2.33. The molecular formula is C12H14O4S. The molecule has 1 aliphatic heterocycles. The quantitative estimate of drug-likeness (QED) is 0.766. The monoisotopic (exact) mass is 254 g/mol. The van der Waals surface area contributed by atoms with E-state index in [1.165, 1.54) is 0 Å². The first-order valence-electron chi connectivity index (χ1n) is 5.51. The lowest BCUT2D eigenvalue weighted by Gasteiger charge is -2.23. The van der Waals surface area contributed by atoms with E-state index in [0.29, 0.717) is 24.2 Å². The van der Waals surface area contributed by atoms with Gasteiger partial charge >= 0.3 is 0 Å². The van der Waals surface area contributed by atoms with E-state index in [-0.39, 0.29) is 17.6 Å². The Labute approximate surface area is 101 Å². The van der Waals surface area contributed by atoms with Crippen LogP contribution in [0.5, 0.6) is 5.75 Å². The van der Waals surface area contributed by atoms with Gasteiger partial charge in [-0.2, -0.15) is 0 Å². The molecule has 0 radical (unpaired) electrons. The van der Waals surface area contributed by atoms with Crippen molar-refractivity contribution in [3.63, 3.8) is 0 Å². The van der Waals surface area contributed by atoms with Crippen LogP contribution >= 0.6 is 0 Å². The first kappa shape index (κ1) is 12.1. The second-order valence-corrected chi connectivity index (χ2v) is 6.46. The highest BCUT2D eigenvalue weighted by Gasteiger charge is 2.24. The zero-order valence-corrected chi connectivity index (χ0v) is 10.2. The van der Waals surface area contributed by atoms with E-state index in [4.69, 9.17) is 4.74 Å². The summed E-state index contributed by atoms with van der Waals surface area (Å²) >= 11 is 0. The van der Waals surface area contributed by atoms with Crippen LogP contribution in [0.2, 0.25) is 0 Å². The van der Waals surface area contributed by atoms with Gasteiger partial charge in [-0.25, -0.2) is 8.42 Å². The Hall–Kier alpha value is -1.36. The molecule has 17 heavy (non-hydrogen) atoms. The van der Waals surface area contributed by atoms with Gasteiger partial charge in [-0.05, 0) is 37.1 Å². The van der Waals surface area contributed by atoms with Crippen molar-refractivity contribution in [2.24, 2.45) is 0 Å². The summed E-state index contributed by atoms with van der Waals surface area (Å²) in [6.07, 6.45) is 1.81. The lowest BCUT2D eigenvalue weighted by Crippen LogP contribution is -2.30. The molecule has 0 unspecified atom stereocenters. The zero-order chi connectivity index (χ0) is 12.3. The molecule has 0 N–H and O–H groups in total. The Bertz CT molecular complexity index is 476. The lowest BCUT2D eigenvalue weighted by atomic mass is 10.2. The Morgan fingerprint density at radius 3 is 2.24 bits per heavy atom.